The molecule has 1 atom stereocenters. The van der Waals surface area contributed by atoms with Crippen LogP contribution in [-0.4, -0.2) is 49.1 Å². The predicted octanol–water partition coefficient (Wildman–Crippen LogP) is 2.17. The fraction of sp³-hybridized carbons (Fsp3) is 0.579. The standard InChI is InChI=1S/C19H28N4O/c1-15(2)19(4,14-20)21-18(24)13-22-8-10-23(11-9-22)17-7-5-6-16(3)12-17/h5-7,12,15H,8-11,13H2,1-4H3,(H,21,24). The summed E-state index contributed by atoms with van der Waals surface area (Å²) in [6.45, 7) is 11.7. The number of aryl methyl sites for hydroxylation is 1. The van der Waals surface area contributed by atoms with Gasteiger partial charge in [-0.25, -0.2) is 0 Å². The molecule has 24 heavy (non-hydrogen) atoms. The quantitative estimate of drug-likeness (QED) is 0.900. The van der Waals surface area contributed by atoms with E-state index in [1.54, 1.807) is 6.92 Å². The second-order valence-electron chi connectivity index (χ2n) is 7.12. The Kier molecular flexibility index (Phi) is 5.84. The molecule has 1 amide bonds. The molecular formula is C19H28N4O. The lowest BCUT2D eigenvalue weighted by atomic mass is 9.90. The van der Waals surface area contributed by atoms with Gasteiger partial charge in [0.25, 0.3) is 0 Å². The van der Waals surface area contributed by atoms with Gasteiger partial charge in [0, 0.05) is 31.9 Å². The van der Waals surface area contributed by atoms with Gasteiger partial charge in [-0.3, -0.25) is 9.69 Å². The van der Waals surface area contributed by atoms with Gasteiger partial charge in [-0.2, -0.15) is 5.26 Å². The predicted molar refractivity (Wildman–Crippen MR) is 96.8 cm³/mol. The molecule has 1 heterocycles. The van der Waals surface area contributed by atoms with Gasteiger partial charge in [0.15, 0.2) is 0 Å². The van der Waals surface area contributed by atoms with Crippen molar-refractivity contribution in [3.8, 4) is 6.07 Å². The third-order valence-electron chi connectivity index (χ3n) is 4.89. The van der Waals surface area contributed by atoms with Gasteiger partial charge >= 0.3 is 0 Å². The van der Waals surface area contributed by atoms with E-state index in [2.05, 4.69) is 52.4 Å². The van der Waals surface area contributed by atoms with Crippen molar-refractivity contribution in [1.29, 1.82) is 5.26 Å². The number of nitrogens with zero attached hydrogens (tertiary/aromatic N) is 3. The highest BCUT2D eigenvalue weighted by Crippen LogP contribution is 2.18. The van der Waals surface area contributed by atoms with Crippen LogP contribution in [0.5, 0.6) is 0 Å². The van der Waals surface area contributed by atoms with Crippen LogP contribution in [0.3, 0.4) is 0 Å². The fourth-order valence-electron chi connectivity index (χ4n) is 2.82. The lowest BCUT2D eigenvalue weighted by molar-refractivity contribution is -0.124. The number of hydrogen-bond donors (Lipinski definition) is 1. The van der Waals surface area contributed by atoms with Crippen molar-refractivity contribution < 1.29 is 4.79 Å². The number of rotatable bonds is 5. The number of carbonyl (C=O) groups excluding carboxylic acids is 1. The van der Waals surface area contributed by atoms with Crippen LogP contribution in [0.4, 0.5) is 5.69 Å². The highest BCUT2D eigenvalue weighted by Gasteiger charge is 2.30. The zero-order valence-corrected chi connectivity index (χ0v) is 15.2. The largest absolute Gasteiger partial charge is 0.369 e. The Hall–Kier alpha value is -2.06. The van der Waals surface area contributed by atoms with E-state index in [1.165, 1.54) is 11.3 Å². The van der Waals surface area contributed by atoms with E-state index in [-0.39, 0.29) is 11.8 Å². The van der Waals surface area contributed by atoms with Crippen molar-refractivity contribution in [2.24, 2.45) is 5.92 Å². The molecule has 0 spiro atoms. The molecule has 1 aliphatic heterocycles. The van der Waals surface area contributed by atoms with Crippen molar-refractivity contribution in [3.05, 3.63) is 29.8 Å². The molecular weight excluding hydrogens is 300 g/mol. The Balaban J connectivity index is 1.85. The first-order valence-corrected chi connectivity index (χ1v) is 8.60. The van der Waals surface area contributed by atoms with E-state index in [0.717, 1.165) is 26.2 Å². The lowest BCUT2D eigenvalue weighted by Gasteiger charge is -2.36. The second-order valence-corrected chi connectivity index (χ2v) is 7.12. The Morgan fingerprint density at radius 3 is 2.54 bits per heavy atom. The molecule has 0 aliphatic carbocycles. The molecule has 0 saturated carbocycles. The van der Waals surface area contributed by atoms with Crippen LogP contribution in [0.2, 0.25) is 0 Å². The summed E-state index contributed by atoms with van der Waals surface area (Å²) in [5, 5.41) is 12.2. The molecule has 1 aromatic carbocycles. The number of nitrogens with one attached hydrogen (secondary N) is 1. The van der Waals surface area contributed by atoms with Crippen molar-refractivity contribution in [1.82, 2.24) is 10.2 Å². The van der Waals surface area contributed by atoms with Crippen LogP contribution < -0.4 is 10.2 Å². The van der Waals surface area contributed by atoms with Crippen LogP contribution in [0.15, 0.2) is 24.3 Å². The highest BCUT2D eigenvalue weighted by atomic mass is 16.2. The SMILES string of the molecule is Cc1cccc(N2CCN(CC(=O)NC(C)(C#N)C(C)C)CC2)c1. The summed E-state index contributed by atoms with van der Waals surface area (Å²) in [6.07, 6.45) is 0. The number of benzene rings is 1. The number of amides is 1. The van der Waals surface area contributed by atoms with E-state index < -0.39 is 5.54 Å². The molecule has 0 bridgehead atoms. The molecule has 1 N–H and O–H groups in total. The summed E-state index contributed by atoms with van der Waals surface area (Å²) in [5.41, 5.74) is 1.70. The highest BCUT2D eigenvalue weighted by molar-refractivity contribution is 5.79. The van der Waals surface area contributed by atoms with Gasteiger partial charge in [-0.15, -0.1) is 0 Å². The van der Waals surface area contributed by atoms with E-state index in [9.17, 15) is 10.1 Å². The van der Waals surface area contributed by atoms with Gasteiger partial charge in [-0.05, 0) is 37.5 Å². The zero-order valence-electron chi connectivity index (χ0n) is 15.2. The first-order chi connectivity index (χ1) is 11.3. The van der Waals surface area contributed by atoms with Gasteiger partial charge in [0.05, 0.1) is 12.6 Å². The number of hydrogen-bond acceptors (Lipinski definition) is 4. The van der Waals surface area contributed by atoms with Crippen molar-refractivity contribution in [2.75, 3.05) is 37.6 Å². The lowest BCUT2D eigenvalue weighted by Crippen LogP contribution is -2.54. The van der Waals surface area contributed by atoms with E-state index in [1.807, 2.05) is 13.8 Å². The Bertz CT molecular complexity index is 614. The molecule has 1 aromatic rings. The molecule has 5 nitrogen and oxygen atoms in total. The Labute approximate surface area is 145 Å². The first-order valence-electron chi connectivity index (χ1n) is 8.60. The average Bonchev–Trinajstić information content (AvgIpc) is 2.55. The van der Waals surface area contributed by atoms with E-state index >= 15 is 0 Å². The maximum atomic E-state index is 12.3. The topological polar surface area (TPSA) is 59.4 Å². The summed E-state index contributed by atoms with van der Waals surface area (Å²) in [4.78, 5) is 16.8. The molecule has 0 radical (unpaired) electrons. The van der Waals surface area contributed by atoms with Gasteiger partial charge in [-0.1, -0.05) is 26.0 Å². The monoisotopic (exact) mass is 328 g/mol. The minimum Gasteiger partial charge on any atom is -0.369 e. The van der Waals surface area contributed by atoms with E-state index in [4.69, 9.17) is 0 Å². The molecule has 1 unspecified atom stereocenters. The third kappa shape index (κ3) is 4.48. The van der Waals surface area contributed by atoms with Crippen LogP contribution in [-0.2, 0) is 4.79 Å². The normalized spacial score (nSPS) is 18.1. The molecule has 130 valence electrons. The van der Waals surface area contributed by atoms with Gasteiger partial charge in [0.1, 0.15) is 5.54 Å². The molecule has 1 fully saturated rings. The maximum Gasteiger partial charge on any atom is 0.235 e. The molecule has 5 heteroatoms. The van der Waals surface area contributed by atoms with Crippen LogP contribution in [0, 0.1) is 24.2 Å². The summed E-state index contributed by atoms with van der Waals surface area (Å²) in [7, 11) is 0. The zero-order chi connectivity index (χ0) is 17.7. The second kappa shape index (κ2) is 7.67. The fourth-order valence-corrected chi connectivity index (χ4v) is 2.82. The number of piperazine rings is 1. The summed E-state index contributed by atoms with van der Waals surface area (Å²) >= 11 is 0. The minimum absolute atomic E-state index is 0.0724. The van der Waals surface area contributed by atoms with Crippen molar-refractivity contribution in [2.45, 2.75) is 33.2 Å². The number of anilines is 1. The van der Waals surface area contributed by atoms with Gasteiger partial charge < -0.3 is 10.2 Å². The van der Waals surface area contributed by atoms with Crippen LogP contribution in [0.1, 0.15) is 26.3 Å². The molecule has 0 aromatic heterocycles. The Morgan fingerprint density at radius 2 is 2.00 bits per heavy atom. The van der Waals surface area contributed by atoms with E-state index in [0.29, 0.717) is 6.54 Å². The summed E-state index contributed by atoms with van der Waals surface area (Å²) in [5.74, 6) is 0.00127. The summed E-state index contributed by atoms with van der Waals surface area (Å²) in [6, 6.07) is 10.7. The maximum absolute atomic E-state index is 12.3. The first kappa shape index (κ1) is 18.3. The molecule has 2 rings (SSSR count). The number of nitriles is 1. The summed E-state index contributed by atoms with van der Waals surface area (Å²) < 4.78 is 0. The Morgan fingerprint density at radius 1 is 1.33 bits per heavy atom. The molecule has 1 saturated heterocycles. The smallest absolute Gasteiger partial charge is 0.235 e. The minimum atomic E-state index is -0.805. The van der Waals surface area contributed by atoms with Crippen molar-refractivity contribution >= 4 is 11.6 Å². The van der Waals surface area contributed by atoms with Crippen LogP contribution in [0.25, 0.3) is 0 Å². The third-order valence-corrected chi connectivity index (χ3v) is 4.89. The molecule has 1 aliphatic rings. The number of carbonyl (C=O) groups is 1. The van der Waals surface area contributed by atoms with Crippen LogP contribution >= 0.6 is 0 Å². The van der Waals surface area contributed by atoms with Gasteiger partial charge in [0.2, 0.25) is 5.91 Å². The van der Waals surface area contributed by atoms with Crippen molar-refractivity contribution in [3.63, 3.8) is 0 Å². The average molecular weight is 328 g/mol.